The summed E-state index contributed by atoms with van der Waals surface area (Å²) < 4.78 is 0. The van der Waals surface area contributed by atoms with Gasteiger partial charge in [0.1, 0.15) is 5.75 Å². The van der Waals surface area contributed by atoms with Gasteiger partial charge < -0.3 is 5.11 Å². The Morgan fingerprint density at radius 2 is 1.39 bits per heavy atom. The molecule has 4 aromatic carbocycles. The van der Waals surface area contributed by atoms with Crippen LogP contribution in [0.4, 0.5) is 11.4 Å². The summed E-state index contributed by atoms with van der Waals surface area (Å²) in [7, 11) is 0. The van der Waals surface area contributed by atoms with Gasteiger partial charge in [0.2, 0.25) is 23.6 Å². The van der Waals surface area contributed by atoms with Crippen LogP contribution in [-0.2, 0) is 19.2 Å². The third-order valence-corrected chi connectivity index (χ3v) is 11.3. The van der Waals surface area contributed by atoms with Crippen LogP contribution in [0.1, 0.15) is 47.2 Å². The topological polar surface area (TPSA) is 112 Å². The molecular weight excluding hydrogens is 640 g/mol. The summed E-state index contributed by atoms with van der Waals surface area (Å²) in [5.41, 5.74) is 1.94. The van der Waals surface area contributed by atoms with Gasteiger partial charge in [-0.3, -0.25) is 28.9 Å². The van der Waals surface area contributed by atoms with E-state index in [0.29, 0.717) is 28.1 Å². The van der Waals surface area contributed by atoms with Crippen molar-refractivity contribution in [1.82, 2.24) is 0 Å². The molecule has 1 saturated carbocycles. The van der Waals surface area contributed by atoms with Crippen LogP contribution in [-0.4, -0.2) is 34.5 Å². The summed E-state index contributed by atoms with van der Waals surface area (Å²) >= 11 is 6.77. The summed E-state index contributed by atoms with van der Waals surface area (Å²) in [4.78, 5) is 72.6. The molecule has 0 bridgehead atoms. The number of halogens is 1. The molecule has 8 rings (SSSR count). The highest BCUT2D eigenvalue weighted by molar-refractivity contribution is 6.32. The van der Waals surface area contributed by atoms with E-state index in [0.717, 1.165) is 5.57 Å². The Labute approximate surface area is 287 Å². The van der Waals surface area contributed by atoms with Gasteiger partial charge in [-0.1, -0.05) is 77.8 Å². The van der Waals surface area contributed by atoms with Crippen LogP contribution in [0.5, 0.6) is 5.75 Å². The van der Waals surface area contributed by atoms with Gasteiger partial charge in [0.15, 0.2) is 5.78 Å². The molecular formula is C40H31ClN2O6. The van der Waals surface area contributed by atoms with Gasteiger partial charge >= 0.3 is 0 Å². The molecule has 2 saturated heterocycles. The number of nitrogens with zero attached hydrogens (tertiary/aromatic N) is 2. The highest BCUT2D eigenvalue weighted by Crippen LogP contribution is 2.64. The van der Waals surface area contributed by atoms with Gasteiger partial charge in [-0.25, -0.2) is 4.90 Å². The highest BCUT2D eigenvalue weighted by atomic mass is 35.5. The van der Waals surface area contributed by atoms with E-state index in [1.165, 1.54) is 21.9 Å². The van der Waals surface area contributed by atoms with E-state index < -0.39 is 35.0 Å². The van der Waals surface area contributed by atoms with E-state index in [2.05, 4.69) is 0 Å². The number of anilines is 2. The second-order valence-corrected chi connectivity index (χ2v) is 13.9. The molecule has 4 aromatic rings. The molecule has 49 heavy (non-hydrogen) atoms. The fourth-order valence-corrected chi connectivity index (χ4v) is 8.99. The molecule has 0 aromatic heterocycles. The number of amides is 4. The van der Waals surface area contributed by atoms with Crippen LogP contribution in [0.25, 0.3) is 0 Å². The normalized spacial score (nSPS) is 27.5. The third-order valence-electron chi connectivity index (χ3n) is 11.0. The maximum Gasteiger partial charge on any atom is 0.241 e. The number of hydrogen-bond donors (Lipinski definition) is 1. The third kappa shape index (κ3) is 4.54. The number of hydrogen-bond acceptors (Lipinski definition) is 6. The van der Waals surface area contributed by atoms with Crippen molar-refractivity contribution in [2.75, 3.05) is 9.80 Å². The first kappa shape index (κ1) is 31.0. The van der Waals surface area contributed by atoms with Crippen molar-refractivity contribution in [2.24, 2.45) is 29.1 Å². The second-order valence-electron chi connectivity index (χ2n) is 13.5. The van der Waals surface area contributed by atoms with Gasteiger partial charge in [-0.15, -0.1) is 0 Å². The Hall–Kier alpha value is -5.34. The summed E-state index contributed by atoms with van der Waals surface area (Å²) in [5.74, 6) is -5.02. The SMILES string of the molecule is C[C@@]12C(=O)N(c3ccccc3)C(=O)[C@@H]1C[C@@H]1C(=CC[C@@H]3C(=O)N(c4ccc(C(=O)c5ccccc5)cc4)C(=O)[C@@H]31)[C@@H]2c1ccc(O)cc1Cl. The minimum Gasteiger partial charge on any atom is -0.508 e. The number of phenols is 1. The molecule has 4 aliphatic rings. The first-order chi connectivity index (χ1) is 23.6. The first-order valence-electron chi connectivity index (χ1n) is 16.3. The number of fused-ring (bicyclic) bond motifs is 4. The van der Waals surface area contributed by atoms with Gasteiger partial charge in [0.05, 0.1) is 34.5 Å². The fourth-order valence-electron chi connectivity index (χ4n) is 8.71. The number of rotatable bonds is 5. The van der Waals surface area contributed by atoms with Crippen molar-refractivity contribution in [3.05, 3.63) is 136 Å². The van der Waals surface area contributed by atoms with Crippen LogP contribution < -0.4 is 9.80 Å². The van der Waals surface area contributed by atoms with E-state index in [9.17, 15) is 29.1 Å². The monoisotopic (exact) mass is 670 g/mol. The number of para-hydroxylation sites is 1. The molecule has 2 heterocycles. The van der Waals surface area contributed by atoms with E-state index in [1.54, 1.807) is 85.8 Å². The Morgan fingerprint density at radius 3 is 2.06 bits per heavy atom. The molecule has 8 nitrogen and oxygen atoms in total. The average molecular weight is 671 g/mol. The predicted molar refractivity (Wildman–Crippen MR) is 183 cm³/mol. The molecule has 244 valence electrons. The molecule has 0 unspecified atom stereocenters. The number of aromatic hydroxyl groups is 1. The summed E-state index contributed by atoms with van der Waals surface area (Å²) in [6.07, 6.45) is 2.45. The van der Waals surface area contributed by atoms with E-state index in [4.69, 9.17) is 11.6 Å². The molecule has 1 N–H and O–H groups in total. The summed E-state index contributed by atoms with van der Waals surface area (Å²) in [6, 6.07) is 28.7. The number of imide groups is 2. The number of carbonyl (C=O) groups is 5. The predicted octanol–water partition coefficient (Wildman–Crippen LogP) is 6.71. The summed E-state index contributed by atoms with van der Waals surface area (Å²) in [6.45, 7) is 1.80. The lowest BCUT2D eigenvalue weighted by molar-refractivity contribution is -0.131. The number of ketones is 1. The average Bonchev–Trinajstić information content (AvgIpc) is 3.48. The lowest BCUT2D eigenvalue weighted by atomic mass is 9.51. The van der Waals surface area contributed by atoms with Crippen molar-refractivity contribution in [3.63, 3.8) is 0 Å². The maximum absolute atomic E-state index is 14.5. The first-order valence-corrected chi connectivity index (χ1v) is 16.7. The molecule has 9 heteroatoms. The van der Waals surface area contributed by atoms with Crippen LogP contribution in [0.3, 0.4) is 0 Å². The highest BCUT2D eigenvalue weighted by Gasteiger charge is 2.67. The van der Waals surface area contributed by atoms with Crippen LogP contribution in [0.15, 0.2) is 115 Å². The van der Waals surface area contributed by atoms with Crippen molar-refractivity contribution in [2.45, 2.75) is 25.7 Å². The van der Waals surface area contributed by atoms with Crippen molar-refractivity contribution in [3.8, 4) is 5.75 Å². The Balaban J connectivity index is 1.18. The van der Waals surface area contributed by atoms with Crippen LogP contribution in [0.2, 0.25) is 5.02 Å². The zero-order valence-electron chi connectivity index (χ0n) is 26.5. The zero-order chi connectivity index (χ0) is 34.2. The van der Waals surface area contributed by atoms with Gasteiger partial charge in [0.25, 0.3) is 0 Å². The minimum atomic E-state index is -1.24. The molecule has 2 aliphatic carbocycles. The lowest BCUT2D eigenvalue weighted by Crippen LogP contribution is -2.49. The van der Waals surface area contributed by atoms with Gasteiger partial charge in [-0.05, 0) is 79.8 Å². The number of allylic oxidation sites excluding steroid dienone is 2. The largest absolute Gasteiger partial charge is 0.508 e. The van der Waals surface area contributed by atoms with Gasteiger partial charge in [0, 0.05) is 22.1 Å². The minimum absolute atomic E-state index is 0.0380. The Bertz CT molecular complexity index is 2100. The Kier molecular flexibility index (Phi) is 7.19. The molecule has 3 fully saturated rings. The molecule has 4 amide bonds. The second kappa shape index (κ2) is 11.4. The van der Waals surface area contributed by atoms with Crippen molar-refractivity contribution in [1.29, 1.82) is 0 Å². The molecule has 0 radical (unpaired) electrons. The molecule has 6 atom stereocenters. The van der Waals surface area contributed by atoms with Crippen LogP contribution in [0, 0.1) is 29.1 Å². The van der Waals surface area contributed by atoms with Gasteiger partial charge in [-0.2, -0.15) is 0 Å². The molecule has 0 spiro atoms. The van der Waals surface area contributed by atoms with E-state index in [-0.39, 0.29) is 53.0 Å². The zero-order valence-corrected chi connectivity index (χ0v) is 27.2. The lowest BCUT2D eigenvalue weighted by Gasteiger charge is -2.49. The van der Waals surface area contributed by atoms with E-state index >= 15 is 0 Å². The van der Waals surface area contributed by atoms with Crippen LogP contribution >= 0.6 is 11.6 Å². The van der Waals surface area contributed by atoms with E-state index in [1.807, 2.05) is 18.2 Å². The standard InChI is InChI=1S/C40H31ClN2O6/c1-40-31(37(47)43(39(40)49)24-10-6-3-7-11-24)21-30-27(34(40)28-17-16-26(44)20-32(28)41)18-19-29-33(30)38(48)42(36(29)46)25-14-12-23(13-15-25)35(45)22-8-4-2-5-9-22/h2-18,20,29-31,33-34,44H,19,21H2,1H3/t29-,30+,31-,33-,34+,40+/m0/s1. The fraction of sp³-hybridized carbons (Fsp3) is 0.225. The number of carbonyl (C=O) groups excluding carboxylic acids is 5. The molecule has 2 aliphatic heterocycles. The number of benzene rings is 4. The number of phenolic OH excluding ortho intramolecular Hbond substituents is 1. The quantitative estimate of drug-likeness (QED) is 0.144. The smallest absolute Gasteiger partial charge is 0.241 e. The van der Waals surface area contributed by atoms with Crippen molar-refractivity contribution < 1.29 is 29.1 Å². The summed E-state index contributed by atoms with van der Waals surface area (Å²) in [5, 5.41) is 10.4. The Morgan fingerprint density at radius 1 is 0.755 bits per heavy atom. The van der Waals surface area contributed by atoms with Crippen molar-refractivity contribution >= 4 is 52.4 Å². The maximum atomic E-state index is 14.5.